The monoisotopic (exact) mass is 264 g/mol. The van der Waals surface area contributed by atoms with E-state index in [1.54, 1.807) is 6.92 Å². The van der Waals surface area contributed by atoms with Gasteiger partial charge in [0.25, 0.3) is 5.92 Å². The molecule has 4 heteroatoms. The van der Waals surface area contributed by atoms with Crippen LogP contribution >= 0.6 is 0 Å². The second-order valence-electron chi connectivity index (χ2n) is 4.51. The predicted octanol–water partition coefficient (Wildman–Crippen LogP) is 5.00. The Hall–Kier alpha value is -0.223. The molecule has 0 heterocycles. The third-order valence-corrected chi connectivity index (χ3v) is 8.23. The summed E-state index contributed by atoms with van der Waals surface area (Å²) in [5.41, 5.74) is 0. The zero-order valence-electron chi connectivity index (χ0n) is 11.6. The summed E-state index contributed by atoms with van der Waals surface area (Å²) >= 11 is 0. The summed E-state index contributed by atoms with van der Waals surface area (Å²) in [4.78, 5) is 0. The fourth-order valence-electron chi connectivity index (χ4n) is 2.09. The molecule has 0 amide bonds. The van der Waals surface area contributed by atoms with Gasteiger partial charge < -0.3 is 4.43 Å². The van der Waals surface area contributed by atoms with Gasteiger partial charge >= 0.3 is 0 Å². The highest BCUT2D eigenvalue weighted by atomic mass is 28.4. The molecule has 1 atom stereocenters. The van der Waals surface area contributed by atoms with Gasteiger partial charge in [0.2, 0.25) is 0 Å². The van der Waals surface area contributed by atoms with Crippen molar-refractivity contribution in [3.8, 4) is 0 Å². The SMILES string of the molecule is C=CCC(F)(F)C(CC)O[Si](CC)(CC)CC. The van der Waals surface area contributed by atoms with Gasteiger partial charge in [-0.2, -0.15) is 0 Å². The summed E-state index contributed by atoms with van der Waals surface area (Å²) in [6.07, 6.45) is 0.383. The lowest BCUT2D eigenvalue weighted by Crippen LogP contribution is -2.46. The number of alkyl halides is 2. The minimum absolute atomic E-state index is 0.298. The Morgan fingerprint density at radius 2 is 1.65 bits per heavy atom. The first-order chi connectivity index (χ1) is 7.91. The van der Waals surface area contributed by atoms with E-state index in [0.717, 1.165) is 18.1 Å². The van der Waals surface area contributed by atoms with Crippen molar-refractivity contribution in [3.05, 3.63) is 12.7 Å². The van der Waals surface area contributed by atoms with Crippen LogP contribution < -0.4 is 0 Å². The van der Waals surface area contributed by atoms with Crippen molar-refractivity contribution in [1.82, 2.24) is 0 Å². The Labute approximate surface area is 105 Å². The lowest BCUT2D eigenvalue weighted by Gasteiger charge is -2.36. The molecule has 0 aromatic rings. The summed E-state index contributed by atoms with van der Waals surface area (Å²) in [5, 5.41) is 0. The molecule has 0 radical (unpaired) electrons. The molecule has 0 spiro atoms. The van der Waals surface area contributed by atoms with E-state index in [2.05, 4.69) is 27.4 Å². The van der Waals surface area contributed by atoms with Crippen LogP contribution in [0.4, 0.5) is 8.78 Å². The highest BCUT2D eigenvalue weighted by Gasteiger charge is 2.43. The molecule has 1 nitrogen and oxygen atoms in total. The maximum absolute atomic E-state index is 13.9. The molecule has 0 rings (SSSR count). The number of hydrogen-bond donors (Lipinski definition) is 0. The first-order valence-electron chi connectivity index (χ1n) is 6.57. The third kappa shape index (κ3) is 4.51. The van der Waals surface area contributed by atoms with Crippen molar-refractivity contribution in [1.29, 1.82) is 0 Å². The van der Waals surface area contributed by atoms with E-state index in [0.29, 0.717) is 6.42 Å². The van der Waals surface area contributed by atoms with E-state index in [9.17, 15) is 8.78 Å². The minimum Gasteiger partial charge on any atom is -0.408 e. The highest BCUT2D eigenvalue weighted by molar-refractivity contribution is 6.73. The van der Waals surface area contributed by atoms with Crippen LogP contribution in [0.25, 0.3) is 0 Å². The molecule has 0 aliphatic rings. The molecular weight excluding hydrogens is 238 g/mol. The molecule has 0 fully saturated rings. The van der Waals surface area contributed by atoms with Crippen molar-refractivity contribution in [2.75, 3.05) is 0 Å². The Balaban J connectivity index is 4.84. The molecule has 0 aliphatic heterocycles. The van der Waals surface area contributed by atoms with Crippen LogP contribution in [0.3, 0.4) is 0 Å². The van der Waals surface area contributed by atoms with Crippen LogP contribution in [-0.4, -0.2) is 20.3 Å². The molecule has 17 heavy (non-hydrogen) atoms. The van der Waals surface area contributed by atoms with Crippen molar-refractivity contribution >= 4 is 8.32 Å². The maximum Gasteiger partial charge on any atom is 0.275 e. The van der Waals surface area contributed by atoms with Gasteiger partial charge in [0.15, 0.2) is 8.32 Å². The average Bonchev–Trinajstić information content (AvgIpc) is 2.31. The molecule has 102 valence electrons. The molecular formula is C13H26F2OSi. The maximum atomic E-state index is 13.9. The van der Waals surface area contributed by atoms with E-state index in [1.807, 2.05) is 0 Å². The van der Waals surface area contributed by atoms with Gasteiger partial charge in [-0.25, -0.2) is 8.78 Å². The topological polar surface area (TPSA) is 9.23 Å². The molecule has 0 aromatic heterocycles. The molecule has 0 saturated heterocycles. The van der Waals surface area contributed by atoms with Crippen LogP contribution in [0.2, 0.25) is 18.1 Å². The summed E-state index contributed by atoms with van der Waals surface area (Å²) in [6, 6.07) is 2.71. The van der Waals surface area contributed by atoms with Gasteiger partial charge in [-0.3, -0.25) is 0 Å². The van der Waals surface area contributed by atoms with Crippen LogP contribution in [0, 0.1) is 0 Å². The molecule has 0 aromatic carbocycles. The predicted molar refractivity (Wildman–Crippen MR) is 72.1 cm³/mol. The molecule has 0 aliphatic carbocycles. The zero-order valence-corrected chi connectivity index (χ0v) is 12.6. The van der Waals surface area contributed by atoms with E-state index in [-0.39, 0.29) is 6.42 Å². The zero-order chi connectivity index (χ0) is 13.5. The van der Waals surface area contributed by atoms with E-state index in [4.69, 9.17) is 4.43 Å². The lowest BCUT2D eigenvalue weighted by atomic mass is 10.1. The Bertz CT molecular complexity index is 219. The van der Waals surface area contributed by atoms with Crippen molar-refractivity contribution in [2.45, 2.75) is 70.7 Å². The third-order valence-electron chi connectivity index (χ3n) is 3.58. The number of rotatable bonds is 9. The smallest absolute Gasteiger partial charge is 0.275 e. The fraction of sp³-hybridized carbons (Fsp3) is 0.846. The van der Waals surface area contributed by atoms with E-state index >= 15 is 0 Å². The number of allylic oxidation sites excluding steroid dienone is 1. The number of hydrogen-bond acceptors (Lipinski definition) is 1. The lowest BCUT2D eigenvalue weighted by molar-refractivity contribution is -0.0985. The van der Waals surface area contributed by atoms with Crippen LogP contribution in [0.15, 0.2) is 12.7 Å². The average molecular weight is 264 g/mol. The Morgan fingerprint density at radius 1 is 1.18 bits per heavy atom. The fourth-order valence-corrected chi connectivity index (χ4v) is 5.04. The van der Waals surface area contributed by atoms with Crippen LogP contribution in [0.1, 0.15) is 40.5 Å². The van der Waals surface area contributed by atoms with Crippen molar-refractivity contribution in [3.63, 3.8) is 0 Å². The normalized spacial score (nSPS) is 14.7. The highest BCUT2D eigenvalue weighted by Crippen LogP contribution is 2.33. The van der Waals surface area contributed by atoms with Gasteiger partial charge in [-0.1, -0.05) is 33.8 Å². The van der Waals surface area contributed by atoms with Crippen molar-refractivity contribution in [2.24, 2.45) is 0 Å². The van der Waals surface area contributed by atoms with Crippen LogP contribution in [-0.2, 0) is 4.43 Å². The molecule has 0 N–H and O–H groups in total. The second-order valence-corrected chi connectivity index (χ2v) is 9.24. The van der Waals surface area contributed by atoms with Crippen LogP contribution in [0.5, 0.6) is 0 Å². The summed E-state index contributed by atoms with van der Waals surface area (Å²) in [5.74, 6) is -2.78. The second kappa shape index (κ2) is 7.26. The Kier molecular flexibility index (Phi) is 7.17. The Morgan fingerprint density at radius 3 is 1.94 bits per heavy atom. The van der Waals surface area contributed by atoms with E-state index in [1.165, 1.54) is 6.08 Å². The molecule has 1 unspecified atom stereocenters. The molecule has 0 saturated carbocycles. The van der Waals surface area contributed by atoms with Gasteiger partial charge in [0.1, 0.15) is 6.10 Å². The first-order valence-corrected chi connectivity index (χ1v) is 9.10. The number of halogens is 2. The minimum atomic E-state index is -2.78. The van der Waals surface area contributed by atoms with Gasteiger partial charge in [-0.15, -0.1) is 6.58 Å². The largest absolute Gasteiger partial charge is 0.408 e. The summed E-state index contributed by atoms with van der Waals surface area (Å²) < 4.78 is 33.6. The van der Waals surface area contributed by atoms with Gasteiger partial charge in [0.05, 0.1) is 0 Å². The first kappa shape index (κ1) is 16.8. The summed E-state index contributed by atoms with van der Waals surface area (Å²) in [7, 11) is -1.95. The summed E-state index contributed by atoms with van der Waals surface area (Å²) in [6.45, 7) is 11.3. The molecule has 0 bridgehead atoms. The standard InChI is InChI=1S/C13H26F2OSi/c1-6-11-13(14,15)12(7-2)16-17(8-3,9-4)10-5/h6,12H,1,7-11H2,2-5H3. The van der Waals surface area contributed by atoms with Crippen molar-refractivity contribution < 1.29 is 13.2 Å². The van der Waals surface area contributed by atoms with Gasteiger partial charge in [-0.05, 0) is 24.6 Å². The quantitative estimate of drug-likeness (QED) is 0.421. The van der Waals surface area contributed by atoms with E-state index < -0.39 is 20.3 Å². The van der Waals surface area contributed by atoms with Gasteiger partial charge in [0, 0.05) is 6.42 Å².